The molecule has 1 saturated carbocycles. The largest absolute Gasteiger partial charge is 0.480 e. The lowest BCUT2D eigenvalue weighted by atomic mass is 9.76. The van der Waals surface area contributed by atoms with Gasteiger partial charge in [0.2, 0.25) is 11.8 Å². The summed E-state index contributed by atoms with van der Waals surface area (Å²) >= 11 is 7.41. The minimum absolute atomic E-state index is 0.103. The van der Waals surface area contributed by atoms with Gasteiger partial charge in [-0.05, 0) is 30.5 Å². The maximum Gasteiger partial charge on any atom is 0.325 e. The molecule has 5 rings (SSSR count). The number of nitro benzene ring substituents is 1. The third kappa shape index (κ3) is 3.93. The molecular weight excluding hydrogens is 494 g/mol. The molecular formula is C24H24ClN3O6S. The van der Waals surface area contributed by atoms with E-state index >= 15 is 0 Å². The van der Waals surface area contributed by atoms with E-state index in [-0.39, 0.29) is 24.1 Å². The number of hydrogen-bond donors (Lipinski definition) is 2. The van der Waals surface area contributed by atoms with Crippen LogP contribution in [0.5, 0.6) is 0 Å². The van der Waals surface area contributed by atoms with Crippen LogP contribution >= 0.6 is 22.9 Å². The first kappa shape index (κ1) is 23.9. The second kappa shape index (κ2) is 9.00. The van der Waals surface area contributed by atoms with Crippen molar-refractivity contribution in [2.75, 3.05) is 0 Å². The Labute approximate surface area is 210 Å². The lowest BCUT2D eigenvalue weighted by molar-refractivity contribution is -0.384. The second-order valence-electron chi connectivity index (χ2n) is 9.48. The number of nitro groups is 1. The summed E-state index contributed by atoms with van der Waals surface area (Å²) in [5.41, 5.74) is -1.35. The molecule has 1 aliphatic carbocycles. The number of thiophene rings is 1. The van der Waals surface area contributed by atoms with Crippen LogP contribution in [0.25, 0.3) is 0 Å². The molecule has 11 heteroatoms. The van der Waals surface area contributed by atoms with Crippen LogP contribution in [0.3, 0.4) is 0 Å². The van der Waals surface area contributed by atoms with E-state index in [1.165, 1.54) is 40.5 Å². The van der Waals surface area contributed by atoms with Gasteiger partial charge in [0.1, 0.15) is 5.54 Å². The van der Waals surface area contributed by atoms with Crippen LogP contribution in [-0.4, -0.2) is 44.3 Å². The van der Waals surface area contributed by atoms with Crippen molar-refractivity contribution in [2.24, 2.45) is 11.8 Å². The van der Waals surface area contributed by atoms with E-state index < -0.39 is 40.2 Å². The average molecular weight is 518 g/mol. The molecule has 0 bridgehead atoms. The topological polar surface area (TPSA) is 130 Å². The van der Waals surface area contributed by atoms with E-state index in [0.717, 1.165) is 32.1 Å². The van der Waals surface area contributed by atoms with Crippen molar-refractivity contribution in [3.8, 4) is 0 Å². The van der Waals surface area contributed by atoms with Crippen LogP contribution in [-0.2, 0) is 20.8 Å². The van der Waals surface area contributed by atoms with Crippen LogP contribution in [0.4, 0.5) is 5.69 Å². The van der Waals surface area contributed by atoms with Crippen molar-refractivity contribution in [1.29, 1.82) is 0 Å². The predicted octanol–water partition coefficient (Wildman–Crippen LogP) is 3.95. The zero-order chi connectivity index (χ0) is 24.9. The zero-order valence-corrected chi connectivity index (χ0v) is 20.3. The number of rotatable bonds is 6. The Kier molecular flexibility index (Phi) is 6.14. The van der Waals surface area contributed by atoms with Gasteiger partial charge >= 0.3 is 5.97 Å². The number of carbonyl (C=O) groups is 3. The predicted molar refractivity (Wildman–Crippen MR) is 128 cm³/mol. The van der Waals surface area contributed by atoms with E-state index in [1.54, 1.807) is 12.1 Å². The summed E-state index contributed by atoms with van der Waals surface area (Å²) in [7, 11) is 0. The van der Waals surface area contributed by atoms with E-state index in [1.807, 2.05) is 0 Å². The van der Waals surface area contributed by atoms with Crippen molar-refractivity contribution in [2.45, 2.75) is 56.1 Å². The Bertz CT molecular complexity index is 1190. The normalized spacial score (nSPS) is 28.9. The molecule has 4 atom stereocenters. The highest BCUT2D eigenvalue weighted by molar-refractivity contribution is 7.16. The molecule has 0 spiro atoms. The molecule has 3 fully saturated rings. The van der Waals surface area contributed by atoms with E-state index in [9.17, 15) is 29.6 Å². The van der Waals surface area contributed by atoms with Crippen molar-refractivity contribution < 1.29 is 24.4 Å². The Morgan fingerprint density at radius 2 is 1.83 bits per heavy atom. The fourth-order valence-electron chi connectivity index (χ4n) is 5.96. The number of benzene rings is 1. The third-order valence-electron chi connectivity index (χ3n) is 7.54. The van der Waals surface area contributed by atoms with Crippen molar-refractivity contribution in [3.63, 3.8) is 0 Å². The van der Waals surface area contributed by atoms with Crippen LogP contribution in [0.15, 0.2) is 36.4 Å². The van der Waals surface area contributed by atoms with Gasteiger partial charge in [-0.2, -0.15) is 0 Å². The minimum atomic E-state index is -1.75. The molecule has 3 heterocycles. The molecule has 1 aromatic carbocycles. The van der Waals surface area contributed by atoms with Gasteiger partial charge in [-0.3, -0.25) is 34.7 Å². The highest BCUT2D eigenvalue weighted by atomic mass is 35.5. The maximum atomic E-state index is 13.8. The summed E-state index contributed by atoms with van der Waals surface area (Å²) in [5.74, 6) is -3.99. The SMILES string of the molecule is O=C1C2C(c3ccc(Cl)s3)NC(Cc3ccc([N+](=O)[O-])cc3)(C(=O)O)C2C(=O)N1C1CCCCC1. The van der Waals surface area contributed by atoms with Gasteiger partial charge in [0, 0.05) is 29.5 Å². The quantitative estimate of drug-likeness (QED) is 0.337. The summed E-state index contributed by atoms with van der Waals surface area (Å²) in [5, 5.41) is 24.7. The monoisotopic (exact) mass is 517 g/mol. The molecule has 4 unspecified atom stereocenters. The fraction of sp³-hybridized carbons (Fsp3) is 0.458. The Morgan fingerprint density at radius 1 is 1.14 bits per heavy atom. The molecule has 184 valence electrons. The molecule has 1 aromatic heterocycles. The average Bonchev–Trinajstić information content (AvgIpc) is 3.49. The second-order valence-corrected chi connectivity index (χ2v) is 11.2. The lowest BCUT2D eigenvalue weighted by Gasteiger charge is -2.34. The number of carboxylic acids is 1. The third-order valence-corrected chi connectivity index (χ3v) is 8.85. The molecule has 2 aliphatic heterocycles. The molecule has 9 nitrogen and oxygen atoms in total. The van der Waals surface area contributed by atoms with Crippen molar-refractivity contribution in [1.82, 2.24) is 10.2 Å². The lowest BCUT2D eigenvalue weighted by Crippen LogP contribution is -2.58. The number of carbonyl (C=O) groups excluding carboxylic acids is 2. The highest BCUT2D eigenvalue weighted by Gasteiger charge is 2.69. The molecule has 2 saturated heterocycles. The Hall–Kier alpha value is -2.82. The van der Waals surface area contributed by atoms with Crippen molar-refractivity contribution >= 4 is 46.4 Å². The van der Waals surface area contributed by atoms with Gasteiger partial charge < -0.3 is 5.11 Å². The van der Waals surface area contributed by atoms with Gasteiger partial charge in [0.05, 0.1) is 27.1 Å². The smallest absolute Gasteiger partial charge is 0.325 e. The Balaban J connectivity index is 1.58. The fourth-order valence-corrected chi connectivity index (χ4v) is 7.12. The summed E-state index contributed by atoms with van der Waals surface area (Å²) in [6.45, 7) is 0. The van der Waals surface area contributed by atoms with E-state index in [0.29, 0.717) is 14.8 Å². The maximum absolute atomic E-state index is 13.8. The summed E-state index contributed by atoms with van der Waals surface area (Å²) in [6.07, 6.45) is 4.24. The first-order valence-corrected chi connectivity index (χ1v) is 12.8. The van der Waals surface area contributed by atoms with Gasteiger partial charge in [0.15, 0.2) is 0 Å². The number of amides is 2. The number of hydrogen-bond acceptors (Lipinski definition) is 7. The molecule has 0 radical (unpaired) electrons. The number of non-ortho nitro benzene ring substituents is 1. The minimum Gasteiger partial charge on any atom is -0.480 e. The summed E-state index contributed by atoms with van der Waals surface area (Å²) in [4.78, 5) is 53.0. The van der Waals surface area contributed by atoms with Crippen LogP contribution in [0.1, 0.15) is 48.6 Å². The molecule has 2 N–H and O–H groups in total. The zero-order valence-electron chi connectivity index (χ0n) is 18.7. The molecule has 3 aliphatic rings. The number of aliphatic carboxylic acids is 1. The van der Waals surface area contributed by atoms with Gasteiger partial charge in [-0.1, -0.05) is 43.0 Å². The van der Waals surface area contributed by atoms with Crippen LogP contribution < -0.4 is 5.32 Å². The standard InChI is InChI=1S/C24H24ClN3O6S/c25-17-11-10-16(35-17)20-18-19(22(30)27(21(18)29)14-4-2-1-3-5-14)24(26-20,23(31)32)12-13-6-8-15(9-7-13)28(33)34/h6-11,14,18-20,26H,1-5,12H2,(H,31,32). The molecule has 2 aromatic rings. The van der Waals surface area contributed by atoms with E-state index in [2.05, 4.69) is 5.32 Å². The number of fused-ring (bicyclic) bond motifs is 1. The first-order valence-electron chi connectivity index (χ1n) is 11.6. The molecule has 35 heavy (non-hydrogen) atoms. The number of halogens is 1. The Morgan fingerprint density at radius 3 is 2.40 bits per heavy atom. The number of carboxylic acid groups (broad SMARTS) is 1. The van der Waals surface area contributed by atoms with Crippen molar-refractivity contribution in [3.05, 3.63) is 61.3 Å². The summed E-state index contributed by atoms with van der Waals surface area (Å²) in [6, 6.07) is 8.16. The van der Waals surface area contributed by atoms with Gasteiger partial charge in [-0.25, -0.2) is 0 Å². The number of nitrogens with zero attached hydrogens (tertiary/aromatic N) is 2. The van der Waals surface area contributed by atoms with Gasteiger partial charge in [-0.15, -0.1) is 11.3 Å². The first-order chi connectivity index (χ1) is 16.7. The molecule has 2 amide bonds. The number of nitrogens with one attached hydrogen (secondary N) is 1. The van der Waals surface area contributed by atoms with Crippen LogP contribution in [0.2, 0.25) is 4.34 Å². The number of imide groups is 1. The summed E-state index contributed by atoms with van der Waals surface area (Å²) < 4.78 is 0.502. The highest BCUT2D eigenvalue weighted by Crippen LogP contribution is 2.52. The number of likely N-dealkylation sites (tertiary alicyclic amines) is 1. The van der Waals surface area contributed by atoms with Crippen LogP contribution in [0, 0.1) is 22.0 Å². The van der Waals surface area contributed by atoms with Gasteiger partial charge in [0.25, 0.3) is 5.69 Å². The van der Waals surface area contributed by atoms with E-state index in [4.69, 9.17) is 11.6 Å².